The number of carbonyl (C=O) groups excluding carboxylic acids is 1. The predicted octanol–water partition coefficient (Wildman–Crippen LogP) is 11.7. The highest BCUT2D eigenvalue weighted by Crippen LogP contribution is 2.17. The largest absolute Gasteiger partial charge is 0.394 e. The van der Waals surface area contributed by atoms with Crippen LogP contribution in [0.4, 0.5) is 0 Å². The van der Waals surface area contributed by atoms with Crippen LogP contribution in [0.1, 0.15) is 213 Å². The summed E-state index contributed by atoms with van der Waals surface area (Å²) in [6.45, 7) is 6.31. The van der Waals surface area contributed by atoms with E-state index in [0.29, 0.717) is 6.42 Å². The molecule has 0 aliphatic heterocycles. The predicted molar refractivity (Wildman–Crippen MR) is 220 cm³/mol. The topological polar surface area (TPSA) is 78.8 Å². The van der Waals surface area contributed by atoms with Gasteiger partial charge in [0.2, 0.25) is 5.91 Å². The average molecular weight is 730 g/mol. The molecule has 0 radical (unpaired) electrons. The molecule has 0 saturated heterocycles. The molecule has 0 atom stereocenters. The average Bonchev–Trinajstić information content (AvgIpc) is 3.11. The van der Waals surface area contributed by atoms with Gasteiger partial charge < -0.3 is 24.2 Å². The Hall–Kier alpha value is -0.340. The van der Waals surface area contributed by atoms with Gasteiger partial charge in [0.15, 0.2) is 0 Å². The molecule has 50 heavy (non-hydrogen) atoms. The first kappa shape index (κ1) is 49.7. The zero-order chi connectivity index (χ0) is 36.9. The van der Waals surface area contributed by atoms with Crippen LogP contribution >= 0.6 is 12.0 Å². The van der Waals surface area contributed by atoms with Gasteiger partial charge in [-0.3, -0.25) is 4.79 Å². The van der Waals surface area contributed by atoms with E-state index in [-0.39, 0.29) is 25.7 Å². The molecule has 0 aliphatic carbocycles. The van der Waals surface area contributed by atoms with E-state index in [9.17, 15) is 15.0 Å². The molecule has 0 spiro atoms. The van der Waals surface area contributed by atoms with Crippen molar-refractivity contribution < 1.29 is 23.7 Å². The molecule has 300 valence electrons. The zero-order valence-electron chi connectivity index (χ0n) is 34.2. The van der Waals surface area contributed by atoms with E-state index in [0.717, 1.165) is 36.0 Å². The summed E-state index contributed by atoms with van der Waals surface area (Å²) in [7, 11) is 4.65. The van der Waals surface area contributed by atoms with Crippen molar-refractivity contribution in [3.63, 3.8) is 0 Å². The van der Waals surface area contributed by atoms with Crippen LogP contribution in [0, 0.1) is 0 Å². The molecule has 0 saturated carbocycles. The van der Waals surface area contributed by atoms with Gasteiger partial charge in [0.25, 0.3) is 0 Å². The van der Waals surface area contributed by atoms with Crippen LogP contribution in [0.2, 0.25) is 0 Å². The summed E-state index contributed by atoms with van der Waals surface area (Å²) >= 11 is 1.38. The molecular formula is C43H89N2O4S+. The third-order valence-corrected chi connectivity index (χ3v) is 11.3. The fourth-order valence-corrected chi connectivity index (χ4v) is 7.56. The van der Waals surface area contributed by atoms with Gasteiger partial charge in [-0.05, 0) is 31.3 Å². The monoisotopic (exact) mass is 730 g/mol. The highest BCUT2D eigenvalue weighted by Gasteiger charge is 2.31. The molecule has 0 heterocycles. The summed E-state index contributed by atoms with van der Waals surface area (Å²) < 4.78 is 6.82. The number of quaternary nitrogens is 1. The molecule has 6 nitrogen and oxygen atoms in total. The highest BCUT2D eigenvalue weighted by atomic mass is 32.2. The van der Waals surface area contributed by atoms with Crippen molar-refractivity contribution in [3.05, 3.63) is 0 Å². The molecule has 3 N–H and O–H groups in total. The highest BCUT2D eigenvalue weighted by molar-refractivity contribution is 7.94. The van der Waals surface area contributed by atoms with Crippen molar-refractivity contribution in [2.75, 3.05) is 52.8 Å². The van der Waals surface area contributed by atoms with E-state index in [2.05, 4.69) is 33.3 Å². The number of aliphatic hydroxyl groups excluding tert-OH is 2. The molecule has 7 heteroatoms. The maximum atomic E-state index is 12.6. The number of hydrogen-bond acceptors (Lipinski definition) is 5. The second-order valence-corrected chi connectivity index (χ2v) is 17.1. The molecule has 0 aromatic heterocycles. The van der Waals surface area contributed by atoms with Crippen LogP contribution in [0.25, 0.3) is 0 Å². The Bertz CT molecular complexity index is 704. The first-order valence-electron chi connectivity index (χ1n) is 21.9. The standard InChI is InChI=1S/C43H88N2O4S/c1-5-7-9-11-13-15-17-19-20-21-23-25-27-29-31-33-36-45(3,4)37-34-38-50-49-41-43(39-46,40-47)44-42(48)35-32-30-28-26-24-22-18-16-14-12-10-8-6-2/h46-47H,5-41H2,1-4H3/p+1. The number of carbonyl (C=O) groups is 1. The van der Waals surface area contributed by atoms with E-state index in [1.165, 1.54) is 192 Å². The molecule has 0 fully saturated rings. The fourth-order valence-electron chi connectivity index (χ4n) is 6.88. The lowest BCUT2D eigenvalue weighted by Crippen LogP contribution is -2.57. The van der Waals surface area contributed by atoms with Crippen LogP contribution in [0.5, 0.6) is 0 Å². The maximum Gasteiger partial charge on any atom is 0.220 e. The van der Waals surface area contributed by atoms with Crippen molar-refractivity contribution in [1.29, 1.82) is 0 Å². The van der Waals surface area contributed by atoms with Crippen molar-refractivity contribution >= 4 is 17.9 Å². The molecule has 1 amide bonds. The van der Waals surface area contributed by atoms with E-state index >= 15 is 0 Å². The van der Waals surface area contributed by atoms with Gasteiger partial charge in [-0.1, -0.05) is 181 Å². The minimum atomic E-state index is -1.12. The third-order valence-electron chi connectivity index (χ3n) is 10.5. The van der Waals surface area contributed by atoms with E-state index in [4.69, 9.17) is 4.18 Å². The van der Waals surface area contributed by atoms with Crippen LogP contribution in [-0.2, 0) is 8.98 Å². The second-order valence-electron chi connectivity index (χ2n) is 16.3. The Morgan fingerprint density at radius 2 is 0.880 bits per heavy atom. The minimum Gasteiger partial charge on any atom is -0.394 e. The van der Waals surface area contributed by atoms with Crippen LogP contribution < -0.4 is 5.32 Å². The van der Waals surface area contributed by atoms with Crippen molar-refractivity contribution in [1.82, 2.24) is 5.32 Å². The quantitative estimate of drug-likeness (QED) is 0.0332. The Morgan fingerprint density at radius 1 is 0.540 bits per heavy atom. The first-order valence-corrected chi connectivity index (χ1v) is 22.8. The van der Waals surface area contributed by atoms with E-state index in [1.807, 2.05) is 0 Å². The SMILES string of the molecule is CCCCCCCCCCCCCCCCCC[N+](C)(C)CCCSOCC(CO)(CO)NC(=O)CCCCCCCCCCCCCCC. The number of unbranched alkanes of at least 4 members (excludes halogenated alkanes) is 27. The van der Waals surface area contributed by atoms with Gasteiger partial charge in [-0.15, -0.1) is 0 Å². The second kappa shape index (κ2) is 37.0. The van der Waals surface area contributed by atoms with Gasteiger partial charge in [0.05, 0.1) is 47.0 Å². The number of rotatable bonds is 41. The molecule has 0 aliphatic rings. The molecule has 0 unspecified atom stereocenters. The van der Waals surface area contributed by atoms with Crippen molar-refractivity contribution in [3.8, 4) is 0 Å². The summed E-state index contributed by atoms with van der Waals surface area (Å²) in [5.41, 5.74) is -1.12. The molecule has 0 rings (SSSR count). The van der Waals surface area contributed by atoms with Gasteiger partial charge in [-0.25, -0.2) is 0 Å². The minimum absolute atomic E-state index is 0.104. The van der Waals surface area contributed by atoms with E-state index in [1.54, 1.807) is 0 Å². The number of amides is 1. The maximum absolute atomic E-state index is 12.6. The summed E-state index contributed by atoms with van der Waals surface area (Å²) in [5, 5.41) is 22.8. The summed E-state index contributed by atoms with van der Waals surface area (Å²) in [6, 6.07) is 0. The third kappa shape index (κ3) is 33.5. The Morgan fingerprint density at radius 3 is 1.26 bits per heavy atom. The summed E-state index contributed by atoms with van der Waals surface area (Å²) in [5.74, 6) is 0.749. The Kier molecular flexibility index (Phi) is 36.7. The van der Waals surface area contributed by atoms with Crippen LogP contribution in [-0.4, -0.2) is 78.9 Å². The van der Waals surface area contributed by atoms with Crippen LogP contribution in [0.3, 0.4) is 0 Å². The lowest BCUT2D eigenvalue weighted by atomic mass is 10.0. The number of hydrogen-bond donors (Lipinski definition) is 3. The smallest absolute Gasteiger partial charge is 0.220 e. The van der Waals surface area contributed by atoms with Crippen molar-refractivity contribution in [2.45, 2.75) is 218 Å². The van der Waals surface area contributed by atoms with Gasteiger partial charge in [0, 0.05) is 18.6 Å². The summed E-state index contributed by atoms with van der Waals surface area (Å²) in [6.07, 6.45) is 40.5. The van der Waals surface area contributed by atoms with Gasteiger partial charge in [-0.2, -0.15) is 0 Å². The zero-order valence-corrected chi connectivity index (χ0v) is 35.0. The molecule has 0 bridgehead atoms. The first-order chi connectivity index (χ1) is 24.3. The number of nitrogens with one attached hydrogen (secondary N) is 1. The molecular weight excluding hydrogens is 641 g/mol. The molecule has 0 aromatic rings. The summed E-state index contributed by atoms with van der Waals surface area (Å²) in [4.78, 5) is 12.6. The Balaban J connectivity index is 3.77. The lowest BCUT2D eigenvalue weighted by Gasteiger charge is -2.31. The lowest BCUT2D eigenvalue weighted by molar-refractivity contribution is -0.890. The molecule has 0 aromatic carbocycles. The Labute approximate surface area is 317 Å². The van der Waals surface area contributed by atoms with Crippen LogP contribution in [0.15, 0.2) is 0 Å². The normalized spacial score (nSPS) is 12.2. The van der Waals surface area contributed by atoms with Gasteiger partial charge >= 0.3 is 0 Å². The number of aliphatic hydroxyl groups is 2. The van der Waals surface area contributed by atoms with Gasteiger partial charge in [0.1, 0.15) is 5.54 Å². The number of nitrogens with zero attached hydrogens (tertiary/aromatic N) is 1. The van der Waals surface area contributed by atoms with E-state index < -0.39 is 5.54 Å². The fraction of sp³-hybridized carbons (Fsp3) is 0.977. The van der Waals surface area contributed by atoms with Crippen molar-refractivity contribution in [2.24, 2.45) is 0 Å².